The van der Waals surface area contributed by atoms with Crippen molar-refractivity contribution in [2.24, 2.45) is 0 Å². The molecule has 0 bridgehead atoms. The Balaban J connectivity index is 2.13. The van der Waals surface area contributed by atoms with Gasteiger partial charge in [-0.1, -0.05) is 11.8 Å². The Morgan fingerprint density at radius 1 is 1.32 bits per heavy atom. The van der Waals surface area contributed by atoms with Crippen LogP contribution in [0.4, 0.5) is 0 Å². The Morgan fingerprint density at radius 2 is 2.14 bits per heavy atom. The van der Waals surface area contributed by atoms with E-state index in [1.807, 2.05) is 23.8 Å². The van der Waals surface area contributed by atoms with Gasteiger partial charge in [-0.05, 0) is 24.8 Å². The van der Waals surface area contributed by atoms with Gasteiger partial charge in [0.05, 0.1) is 19.9 Å². The van der Waals surface area contributed by atoms with Crippen molar-refractivity contribution in [2.45, 2.75) is 18.6 Å². The van der Waals surface area contributed by atoms with Crippen LogP contribution in [0.15, 0.2) is 34.5 Å². The summed E-state index contributed by atoms with van der Waals surface area (Å²) in [5.74, 6) is 1.22. The first-order chi connectivity index (χ1) is 10.6. The second-order valence-electron chi connectivity index (χ2n) is 4.75. The largest absolute Gasteiger partial charge is 0.495 e. The number of rotatable bonds is 4. The molecule has 0 saturated carbocycles. The van der Waals surface area contributed by atoms with Crippen molar-refractivity contribution in [3.8, 4) is 5.75 Å². The highest BCUT2D eigenvalue weighted by Gasteiger charge is 2.12. The number of aryl methyl sites for hydroxylation is 1. The van der Waals surface area contributed by atoms with E-state index in [9.17, 15) is 4.79 Å². The van der Waals surface area contributed by atoms with Crippen LogP contribution in [0, 0.1) is 6.92 Å². The summed E-state index contributed by atoms with van der Waals surface area (Å²) in [6, 6.07) is 3.46. The minimum atomic E-state index is -0.180. The van der Waals surface area contributed by atoms with Crippen LogP contribution in [0.3, 0.4) is 0 Å². The van der Waals surface area contributed by atoms with Gasteiger partial charge in [0.2, 0.25) is 10.9 Å². The maximum absolute atomic E-state index is 12.0. The number of nitrogens with zero attached hydrogens (tertiary/aromatic N) is 5. The van der Waals surface area contributed by atoms with Crippen LogP contribution in [0.1, 0.15) is 11.3 Å². The van der Waals surface area contributed by atoms with Gasteiger partial charge in [-0.2, -0.15) is 9.50 Å². The number of methoxy groups -OCH3 is 1. The van der Waals surface area contributed by atoms with Gasteiger partial charge in [0.25, 0.3) is 5.56 Å². The third-order valence-electron chi connectivity index (χ3n) is 3.31. The standard InChI is InChI=1S/C14H15N5O2S/c1-9-4-12(20)19-14(16-13(17-19)22-3)18(9)8-10-5-11(21-2)7-15-6-10/h4-7H,8H2,1-3H3. The molecule has 3 aromatic heterocycles. The first kappa shape index (κ1) is 14.6. The molecule has 0 unspecified atom stereocenters. The summed E-state index contributed by atoms with van der Waals surface area (Å²) in [6.07, 6.45) is 5.30. The molecule has 8 heteroatoms. The average molecular weight is 317 g/mol. The monoisotopic (exact) mass is 317 g/mol. The first-order valence-electron chi connectivity index (χ1n) is 6.61. The first-order valence-corrected chi connectivity index (χ1v) is 7.84. The Kier molecular flexibility index (Phi) is 3.84. The maximum Gasteiger partial charge on any atom is 0.275 e. The third-order valence-corrected chi connectivity index (χ3v) is 3.85. The Labute approximate surface area is 131 Å². The molecule has 0 amide bonds. The molecular formula is C14H15N5O2S. The zero-order valence-corrected chi connectivity index (χ0v) is 13.3. The number of hydrogen-bond donors (Lipinski definition) is 0. The molecule has 22 heavy (non-hydrogen) atoms. The highest BCUT2D eigenvalue weighted by molar-refractivity contribution is 7.98. The van der Waals surface area contributed by atoms with E-state index < -0.39 is 0 Å². The van der Waals surface area contributed by atoms with Crippen LogP contribution in [-0.2, 0) is 6.54 Å². The molecule has 0 fully saturated rings. The summed E-state index contributed by atoms with van der Waals surface area (Å²) in [7, 11) is 1.60. The van der Waals surface area contributed by atoms with Gasteiger partial charge in [0, 0.05) is 18.0 Å². The number of thioether (sulfide) groups is 1. The van der Waals surface area contributed by atoms with Gasteiger partial charge >= 0.3 is 0 Å². The van der Waals surface area contributed by atoms with E-state index in [0.717, 1.165) is 11.3 Å². The molecule has 0 N–H and O–H groups in total. The lowest BCUT2D eigenvalue weighted by atomic mass is 10.2. The zero-order chi connectivity index (χ0) is 15.7. The molecule has 0 atom stereocenters. The van der Waals surface area contributed by atoms with Crippen molar-refractivity contribution in [3.05, 3.63) is 46.1 Å². The SMILES string of the molecule is COc1cncc(Cn2c(C)cc(=O)n3nc(SC)nc23)c1. The fourth-order valence-corrected chi connectivity index (χ4v) is 2.55. The van der Waals surface area contributed by atoms with E-state index in [2.05, 4.69) is 15.1 Å². The van der Waals surface area contributed by atoms with Gasteiger partial charge in [0.1, 0.15) is 5.75 Å². The maximum atomic E-state index is 12.0. The van der Waals surface area contributed by atoms with Crippen LogP contribution in [0.2, 0.25) is 0 Å². The molecule has 0 aliphatic carbocycles. The number of aromatic nitrogens is 5. The summed E-state index contributed by atoms with van der Waals surface area (Å²) in [4.78, 5) is 20.6. The van der Waals surface area contributed by atoms with Crippen molar-refractivity contribution in [3.63, 3.8) is 0 Å². The minimum absolute atomic E-state index is 0.180. The predicted octanol–water partition coefficient (Wildman–Crippen LogP) is 1.37. The van der Waals surface area contributed by atoms with Crippen molar-refractivity contribution >= 4 is 17.5 Å². The summed E-state index contributed by atoms with van der Waals surface area (Å²) < 4.78 is 8.45. The van der Waals surface area contributed by atoms with E-state index in [1.165, 1.54) is 16.3 Å². The van der Waals surface area contributed by atoms with Gasteiger partial charge in [-0.25, -0.2) is 0 Å². The van der Waals surface area contributed by atoms with E-state index in [1.54, 1.807) is 25.6 Å². The summed E-state index contributed by atoms with van der Waals surface area (Å²) in [5.41, 5.74) is 1.60. The minimum Gasteiger partial charge on any atom is -0.495 e. The van der Waals surface area contributed by atoms with E-state index >= 15 is 0 Å². The molecule has 0 spiro atoms. The van der Waals surface area contributed by atoms with Crippen LogP contribution in [0.25, 0.3) is 5.78 Å². The number of pyridine rings is 1. The van der Waals surface area contributed by atoms with E-state index in [4.69, 9.17) is 4.74 Å². The average Bonchev–Trinajstić information content (AvgIpc) is 2.96. The summed E-state index contributed by atoms with van der Waals surface area (Å²) >= 11 is 1.40. The van der Waals surface area contributed by atoms with Crippen LogP contribution in [-0.4, -0.2) is 37.5 Å². The van der Waals surface area contributed by atoms with Gasteiger partial charge in [0.15, 0.2) is 0 Å². The Hall–Kier alpha value is -2.35. The molecule has 7 nitrogen and oxygen atoms in total. The molecular weight excluding hydrogens is 302 g/mol. The fraction of sp³-hybridized carbons (Fsp3) is 0.286. The highest BCUT2D eigenvalue weighted by Crippen LogP contribution is 2.15. The fourth-order valence-electron chi connectivity index (χ4n) is 2.21. The lowest BCUT2D eigenvalue weighted by Gasteiger charge is -2.11. The molecule has 0 aliphatic heterocycles. The summed E-state index contributed by atoms with van der Waals surface area (Å²) in [6.45, 7) is 2.41. The predicted molar refractivity (Wildman–Crippen MR) is 83.7 cm³/mol. The Morgan fingerprint density at radius 3 is 2.86 bits per heavy atom. The summed E-state index contributed by atoms with van der Waals surface area (Å²) in [5, 5.41) is 4.77. The molecule has 0 radical (unpaired) electrons. The van der Waals surface area contributed by atoms with E-state index in [-0.39, 0.29) is 5.56 Å². The second kappa shape index (κ2) is 5.80. The van der Waals surface area contributed by atoms with Crippen LogP contribution in [0.5, 0.6) is 5.75 Å². The molecule has 114 valence electrons. The van der Waals surface area contributed by atoms with Crippen LogP contribution >= 0.6 is 11.8 Å². The zero-order valence-electron chi connectivity index (χ0n) is 12.5. The van der Waals surface area contributed by atoms with Gasteiger partial charge in [-0.15, -0.1) is 5.10 Å². The molecule has 3 heterocycles. The number of ether oxygens (including phenoxy) is 1. The molecule has 0 saturated heterocycles. The Bertz CT molecular complexity index is 887. The second-order valence-corrected chi connectivity index (χ2v) is 5.53. The quantitative estimate of drug-likeness (QED) is 0.677. The smallest absolute Gasteiger partial charge is 0.275 e. The highest BCUT2D eigenvalue weighted by atomic mass is 32.2. The molecule has 0 aromatic carbocycles. The molecule has 3 aromatic rings. The van der Waals surface area contributed by atoms with Gasteiger partial charge in [-0.3, -0.25) is 9.78 Å². The van der Waals surface area contributed by atoms with Crippen LogP contribution < -0.4 is 10.3 Å². The number of fused-ring (bicyclic) bond motifs is 1. The molecule has 3 rings (SSSR count). The third kappa shape index (κ3) is 2.57. The van der Waals surface area contributed by atoms with Crippen molar-refractivity contribution in [1.29, 1.82) is 0 Å². The van der Waals surface area contributed by atoms with Gasteiger partial charge < -0.3 is 9.30 Å². The topological polar surface area (TPSA) is 74.3 Å². The van der Waals surface area contributed by atoms with Crippen molar-refractivity contribution in [1.82, 2.24) is 24.1 Å². The molecule has 0 aliphatic rings. The number of hydrogen-bond acceptors (Lipinski definition) is 6. The van der Waals surface area contributed by atoms with Crippen molar-refractivity contribution < 1.29 is 4.74 Å². The normalized spacial score (nSPS) is 11.0. The van der Waals surface area contributed by atoms with Crippen molar-refractivity contribution in [2.75, 3.05) is 13.4 Å². The lowest BCUT2D eigenvalue weighted by Crippen LogP contribution is -2.20. The van der Waals surface area contributed by atoms with E-state index in [0.29, 0.717) is 23.2 Å². The lowest BCUT2D eigenvalue weighted by molar-refractivity contribution is 0.412.